The van der Waals surface area contributed by atoms with Crippen molar-refractivity contribution in [3.05, 3.63) is 59.4 Å². The quantitative estimate of drug-likeness (QED) is 0.677. The highest BCUT2D eigenvalue weighted by molar-refractivity contribution is 7.19. The van der Waals surface area contributed by atoms with Crippen LogP contribution >= 0.6 is 11.3 Å². The first kappa shape index (κ1) is 10.2. The van der Waals surface area contributed by atoms with E-state index in [1.165, 1.54) is 4.70 Å². The van der Waals surface area contributed by atoms with E-state index < -0.39 is 0 Å². The number of hydrogen-bond donors (Lipinski definition) is 0. The lowest BCUT2D eigenvalue weighted by molar-refractivity contribution is 1.32. The number of fused-ring (bicyclic) bond motifs is 1. The molecule has 0 aliphatic carbocycles. The van der Waals surface area contributed by atoms with Crippen LogP contribution in [0.15, 0.2) is 48.8 Å². The fraction of sp³-hybridized carbons (Fsp3) is 0. The van der Waals surface area contributed by atoms with Gasteiger partial charge >= 0.3 is 0 Å². The Morgan fingerprint density at radius 3 is 2.76 bits per heavy atom. The van der Waals surface area contributed by atoms with Crippen molar-refractivity contribution in [1.29, 1.82) is 0 Å². The zero-order valence-corrected chi connectivity index (χ0v) is 9.89. The smallest absolute Gasteiger partial charge is 0.117 e. The summed E-state index contributed by atoms with van der Waals surface area (Å²) in [6.45, 7) is 0. The molecule has 17 heavy (non-hydrogen) atoms. The molecule has 0 N–H and O–H groups in total. The Morgan fingerprint density at radius 2 is 1.94 bits per heavy atom. The van der Waals surface area contributed by atoms with E-state index in [0.29, 0.717) is 0 Å². The summed E-state index contributed by atoms with van der Waals surface area (Å²) >= 11 is 1.70. The highest BCUT2D eigenvalue weighted by Gasteiger charge is 1.98. The van der Waals surface area contributed by atoms with Crippen LogP contribution in [0.25, 0.3) is 22.4 Å². The first-order chi connectivity index (χ1) is 8.42. The van der Waals surface area contributed by atoms with Gasteiger partial charge in [0, 0.05) is 12.4 Å². The number of hydrogen-bond acceptors (Lipinski definition) is 3. The van der Waals surface area contributed by atoms with E-state index in [-0.39, 0.29) is 0 Å². The molecule has 0 saturated heterocycles. The Hall–Kier alpha value is -2.00. The van der Waals surface area contributed by atoms with Gasteiger partial charge in [0.15, 0.2) is 0 Å². The largest absolute Gasteiger partial charge is 0.264 e. The predicted molar refractivity (Wildman–Crippen MR) is 72.8 cm³/mol. The zero-order chi connectivity index (χ0) is 11.5. The first-order valence-corrected chi connectivity index (χ1v) is 6.17. The molecule has 2 heterocycles. The number of rotatable bonds is 2. The van der Waals surface area contributed by atoms with Crippen molar-refractivity contribution in [3.63, 3.8) is 0 Å². The molecule has 3 heteroatoms. The summed E-state index contributed by atoms with van der Waals surface area (Å²) in [6.07, 6.45) is 7.67. The summed E-state index contributed by atoms with van der Waals surface area (Å²) in [5.41, 5.74) is 2.15. The fourth-order valence-electron chi connectivity index (χ4n) is 1.60. The maximum Gasteiger partial charge on any atom is 0.117 e. The van der Waals surface area contributed by atoms with E-state index in [2.05, 4.69) is 16.0 Å². The van der Waals surface area contributed by atoms with Crippen LogP contribution in [0.5, 0.6) is 0 Å². The average molecular weight is 238 g/mol. The minimum atomic E-state index is 1.02. The number of para-hydroxylation sites is 1. The van der Waals surface area contributed by atoms with Gasteiger partial charge < -0.3 is 0 Å². The monoisotopic (exact) mass is 238 g/mol. The van der Waals surface area contributed by atoms with Gasteiger partial charge in [0.05, 0.1) is 10.2 Å². The Bertz CT molecular complexity index is 623. The van der Waals surface area contributed by atoms with Crippen molar-refractivity contribution >= 4 is 33.7 Å². The van der Waals surface area contributed by atoms with E-state index in [0.717, 1.165) is 16.1 Å². The van der Waals surface area contributed by atoms with Crippen LogP contribution in [0.4, 0.5) is 0 Å². The van der Waals surface area contributed by atoms with Gasteiger partial charge in [0.1, 0.15) is 5.01 Å². The molecule has 0 saturated carbocycles. The molecule has 82 valence electrons. The Kier molecular flexibility index (Phi) is 2.68. The molecule has 0 spiro atoms. The molecule has 0 radical (unpaired) electrons. The van der Waals surface area contributed by atoms with Crippen LogP contribution in [-0.2, 0) is 0 Å². The van der Waals surface area contributed by atoms with Gasteiger partial charge in [0.25, 0.3) is 0 Å². The lowest BCUT2D eigenvalue weighted by atomic mass is 10.3. The third kappa shape index (κ3) is 2.24. The maximum atomic E-state index is 4.54. The van der Waals surface area contributed by atoms with E-state index >= 15 is 0 Å². The van der Waals surface area contributed by atoms with Gasteiger partial charge in [-0.25, -0.2) is 4.98 Å². The molecule has 0 aliphatic heterocycles. The molecule has 3 aromatic rings. The normalized spacial score (nSPS) is 11.3. The Labute approximate surface area is 103 Å². The van der Waals surface area contributed by atoms with Crippen molar-refractivity contribution in [2.75, 3.05) is 0 Å². The maximum absolute atomic E-state index is 4.54. The van der Waals surface area contributed by atoms with Crippen LogP contribution in [0.2, 0.25) is 0 Å². The molecule has 0 amide bonds. The average Bonchev–Trinajstić information content (AvgIpc) is 2.80. The van der Waals surface area contributed by atoms with Crippen LogP contribution in [0.3, 0.4) is 0 Å². The number of aromatic nitrogens is 2. The lowest BCUT2D eigenvalue weighted by Crippen LogP contribution is -1.73. The van der Waals surface area contributed by atoms with Crippen molar-refractivity contribution in [1.82, 2.24) is 9.97 Å². The predicted octanol–water partition coefficient (Wildman–Crippen LogP) is 3.86. The molecule has 0 bridgehead atoms. The van der Waals surface area contributed by atoms with Gasteiger partial charge in [0.2, 0.25) is 0 Å². The second kappa shape index (κ2) is 4.47. The lowest BCUT2D eigenvalue weighted by Gasteiger charge is -1.88. The molecule has 2 aromatic heterocycles. The summed E-state index contributed by atoms with van der Waals surface area (Å²) in [7, 11) is 0. The third-order valence-corrected chi connectivity index (χ3v) is 3.41. The molecule has 0 aliphatic rings. The number of benzene rings is 1. The van der Waals surface area contributed by atoms with Crippen molar-refractivity contribution in [2.24, 2.45) is 0 Å². The summed E-state index contributed by atoms with van der Waals surface area (Å²) in [5.74, 6) is 0. The molecule has 2 nitrogen and oxygen atoms in total. The highest BCUT2D eigenvalue weighted by atomic mass is 32.1. The van der Waals surface area contributed by atoms with Crippen molar-refractivity contribution < 1.29 is 0 Å². The molecule has 1 aromatic carbocycles. The van der Waals surface area contributed by atoms with Crippen LogP contribution in [0, 0.1) is 0 Å². The SMILES string of the molecule is C(=C/c1nc2ccccc2s1)/c1cccnc1. The molecule has 0 fully saturated rings. The minimum absolute atomic E-state index is 1.02. The summed E-state index contributed by atoms with van der Waals surface area (Å²) in [5, 5.41) is 1.02. The Morgan fingerprint density at radius 1 is 1.00 bits per heavy atom. The molecular weight excluding hydrogens is 228 g/mol. The van der Waals surface area contributed by atoms with E-state index in [9.17, 15) is 0 Å². The van der Waals surface area contributed by atoms with E-state index in [1.807, 2.05) is 48.7 Å². The standard InChI is InChI=1S/C14H10N2S/c1-2-6-13-12(5-1)16-14(17-13)8-7-11-4-3-9-15-10-11/h1-10H/b8-7-. The van der Waals surface area contributed by atoms with E-state index in [1.54, 1.807) is 17.5 Å². The summed E-state index contributed by atoms with van der Waals surface area (Å²) < 4.78 is 1.22. The number of nitrogens with zero attached hydrogens (tertiary/aromatic N) is 2. The Balaban J connectivity index is 1.92. The van der Waals surface area contributed by atoms with Crippen molar-refractivity contribution in [3.8, 4) is 0 Å². The third-order valence-electron chi connectivity index (χ3n) is 2.41. The highest BCUT2D eigenvalue weighted by Crippen LogP contribution is 2.22. The van der Waals surface area contributed by atoms with Gasteiger partial charge in [-0.05, 0) is 29.8 Å². The van der Waals surface area contributed by atoms with Crippen LogP contribution in [-0.4, -0.2) is 9.97 Å². The second-order valence-electron chi connectivity index (χ2n) is 3.64. The van der Waals surface area contributed by atoms with Gasteiger partial charge in [-0.3, -0.25) is 4.98 Å². The molecule has 0 atom stereocenters. The number of pyridine rings is 1. The zero-order valence-electron chi connectivity index (χ0n) is 9.08. The summed E-state index contributed by atoms with van der Waals surface area (Å²) in [6, 6.07) is 12.1. The van der Waals surface area contributed by atoms with Gasteiger partial charge in [-0.2, -0.15) is 0 Å². The first-order valence-electron chi connectivity index (χ1n) is 5.35. The van der Waals surface area contributed by atoms with Crippen LogP contribution < -0.4 is 0 Å². The van der Waals surface area contributed by atoms with Crippen LogP contribution in [0.1, 0.15) is 10.6 Å². The summed E-state index contributed by atoms with van der Waals surface area (Å²) in [4.78, 5) is 8.61. The molecule has 0 unspecified atom stereocenters. The second-order valence-corrected chi connectivity index (χ2v) is 4.70. The van der Waals surface area contributed by atoms with Crippen molar-refractivity contribution in [2.45, 2.75) is 0 Å². The topological polar surface area (TPSA) is 25.8 Å². The minimum Gasteiger partial charge on any atom is -0.264 e. The fourth-order valence-corrected chi connectivity index (χ4v) is 2.47. The number of thiazole rings is 1. The molecule has 3 rings (SSSR count). The van der Waals surface area contributed by atoms with Gasteiger partial charge in [-0.15, -0.1) is 11.3 Å². The van der Waals surface area contributed by atoms with Gasteiger partial charge in [-0.1, -0.05) is 24.3 Å². The molecular formula is C14H10N2S. The van der Waals surface area contributed by atoms with E-state index in [4.69, 9.17) is 0 Å².